The van der Waals surface area contributed by atoms with Crippen LogP contribution in [-0.4, -0.2) is 43.5 Å². The molecule has 0 radical (unpaired) electrons. The van der Waals surface area contributed by atoms with Gasteiger partial charge >= 0.3 is 0 Å². The second kappa shape index (κ2) is 14.6. The summed E-state index contributed by atoms with van der Waals surface area (Å²) in [5.74, 6) is -0.125. The molecule has 1 N–H and O–H groups in total. The van der Waals surface area contributed by atoms with Crippen molar-refractivity contribution in [1.29, 1.82) is 0 Å². The number of rotatable bonds is 12. The molecule has 1 heterocycles. The van der Waals surface area contributed by atoms with Gasteiger partial charge in [0, 0.05) is 43.5 Å². The van der Waals surface area contributed by atoms with E-state index in [9.17, 15) is 9.18 Å². The molecule has 1 unspecified atom stereocenters. The normalized spacial score (nSPS) is 14.5. The number of carbonyl (C=O) groups is 1. The lowest BCUT2D eigenvalue weighted by molar-refractivity contribution is -0.120. The Morgan fingerprint density at radius 2 is 1.32 bits per heavy atom. The van der Waals surface area contributed by atoms with E-state index in [1.807, 2.05) is 60.7 Å². The zero-order chi connectivity index (χ0) is 28.3. The first-order valence-corrected chi connectivity index (χ1v) is 14.8. The summed E-state index contributed by atoms with van der Waals surface area (Å²) in [6.07, 6.45) is 4.60. The van der Waals surface area contributed by atoms with E-state index in [1.54, 1.807) is 0 Å². The number of benzene rings is 4. The summed E-state index contributed by atoms with van der Waals surface area (Å²) >= 11 is 0. The molecule has 0 bridgehead atoms. The predicted molar refractivity (Wildman–Crippen MR) is 167 cm³/mol. The minimum atomic E-state index is -0.193. The van der Waals surface area contributed by atoms with E-state index >= 15 is 0 Å². The van der Waals surface area contributed by atoms with Gasteiger partial charge in [-0.15, -0.1) is 0 Å². The monoisotopic (exact) mass is 549 g/mol. The van der Waals surface area contributed by atoms with E-state index in [0.29, 0.717) is 0 Å². The van der Waals surface area contributed by atoms with Gasteiger partial charge in [0.15, 0.2) is 0 Å². The molecule has 5 rings (SSSR count). The summed E-state index contributed by atoms with van der Waals surface area (Å²) in [5.41, 5.74) is 5.69. The number of halogens is 1. The summed E-state index contributed by atoms with van der Waals surface area (Å²) in [7, 11) is 0. The predicted octanol–water partition coefficient (Wildman–Crippen LogP) is 7.21. The number of carbonyl (C=O) groups excluding carboxylic acids is 1. The van der Waals surface area contributed by atoms with Crippen molar-refractivity contribution in [2.45, 2.75) is 32.1 Å². The first-order chi connectivity index (χ1) is 20.1. The van der Waals surface area contributed by atoms with Crippen molar-refractivity contribution < 1.29 is 9.18 Å². The smallest absolute Gasteiger partial charge is 0.227 e. The van der Waals surface area contributed by atoms with Gasteiger partial charge in [-0.05, 0) is 85.3 Å². The van der Waals surface area contributed by atoms with Crippen molar-refractivity contribution in [3.05, 3.63) is 132 Å². The zero-order valence-electron chi connectivity index (χ0n) is 23.7. The van der Waals surface area contributed by atoms with Gasteiger partial charge in [-0.1, -0.05) is 79.2 Å². The average Bonchev–Trinajstić information content (AvgIpc) is 3.01. The molecule has 1 fully saturated rings. The third-order valence-corrected chi connectivity index (χ3v) is 8.01. The van der Waals surface area contributed by atoms with Gasteiger partial charge in [0.1, 0.15) is 5.82 Å². The molecular weight excluding hydrogens is 509 g/mol. The number of hydrogen-bond donors (Lipinski definition) is 1. The van der Waals surface area contributed by atoms with Gasteiger partial charge < -0.3 is 10.2 Å². The van der Waals surface area contributed by atoms with E-state index in [2.05, 4.69) is 51.5 Å². The minimum absolute atomic E-state index is 0.0412. The lowest BCUT2D eigenvalue weighted by atomic mass is 9.93. The number of hydrogen-bond acceptors (Lipinski definition) is 3. The van der Waals surface area contributed by atoms with Crippen LogP contribution in [0.2, 0.25) is 0 Å². The molecule has 1 aliphatic heterocycles. The van der Waals surface area contributed by atoms with Crippen molar-refractivity contribution in [3.8, 4) is 0 Å². The number of unbranched alkanes of at least 4 members (excludes halogenated alkanes) is 1. The van der Waals surface area contributed by atoms with Gasteiger partial charge in [0.05, 0.1) is 0 Å². The highest BCUT2D eigenvalue weighted by Gasteiger charge is 2.20. The van der Waals surface area contributed by atoms with Gasteiger partial charge in [0.2, 0.25) is 5.91 Å². The zero-order valence-corrected chi connectivity index (χ0v) is 23.7. The number of anilines is 2. The van der Waals surface area contributed by atoms with Crippen LogP contribution in [0.15, 0.2) is 109 Å². The van der Waals surface area contributed by atoms with E-state index in [1.165, 1.54) is 28.9 Å². The Morgan fingerprint density at radius 3 is 1.98 bits per heavy atom. The molecule has 0 aliphatic carbocycles. The van der Waals surface area contributed by atoms with E-state index in [4.69, 9.17) is 0 Å². The van der Waals surface area contributed by atoms with E-state index < -0.39 is 0 Å². The third kappa shape index (κ3) is 8.76. The molecule has 1 atom stereocenters. The van der Waals surface area contributed by atoms with Crippen LogP contribution in [0.25, 0.3) is 0 Å². The van der Waals surface area contributed by atoms with Crippen LogP contribution in [-0.2, 0) is 17.6 Å². The van der Waals surface area contributed by atoms with Gasteiger partial charge in [-0.2, -0.15) is 0 Å². The molecule has 0 saturated carbocycles. The Kier molecular flexibility index (Phi) is 10.2. The third-order valence-electron chi connectivity index (χ3n) is 8.01. The molecular formula is C36H40FN3O. The van der Waals surface area contributed by atoms with E-state index in [-0.39, 0.29) is 17.6 Å². The number of nitrogens with zero attached hydrogens (tertiary/aromatic N) is 2. The fraction of sp³-hybridized carbons (Fsp3) is 0.306. The molecule has 1 amide bonds. The van der Waals surface area contributed by atoms with Crippen LogP contribution in [0.4, 0.5) is 15.8 Å². The highest BCUT2D eigenvalue weighted by atomic mass is 19.1. The van der Waals surface area contributed by atoms with Crippen LogP contribution in [0.1, 0.15) is 36.0 Å². The van der Waals surface area contributed by atoms with Crippen LogP contribution in [0.3, 0.4) is 0 Å². The number of nitrogens with one attached hydrogen (secondary N) is 1. The Balaban J connectivity index is 1.05. The fourth-order valence-corrected chi connectivity index (χ4v) is 5.61. The largest absolute Gasteiger partial charge is 0.369 e. The average molecular weight is 550 g/mol. The van der Waals surface area contributed by atoms with Crippen LogP contribution in [0.5, 0.6) is 0 Å². The van der Waals surface area contributed by atoms with E-state index in [0.717, 1.165) is 76.1 Å². The maximum atomic E-state index is 13.2. The molecule has 5 heteroatoms. The summed E-state index contributed by atoms with van der Waals surface area (Å²) < 4.78 is 13.2. The summed E-state index contributed by atoms with van der Waals surface area (Å²) in [5, 5.41) is 3.12. The lowest BCUT2D eigenvalue weighted by Crippen LogP contribution is -2.46. The molecule has 1 saturated heterocycles. The second-order valence-corrected chi connectivity index (χ2v) is 11.0. The topological polar surface area (TPSA) is 35.6 Å². The standard InChI is InChI=1S/C36H40FN3O/c37-33-18-14-30(15-19-33)27-31-16-20-35(21-17-31)40-25-23-39(24-26-40)22-8-7-11-32(28-29-9-3-1-4-10-29)36(41)38-34-12-5-2-6-13-34/h1-6,9-10,12-21,32H,7-8,11,22-28H2,(H,38,41). The lowest BCUT2D eigenvalue weighted by Gasteiger charge is -2.36. The number of amides is 1. The molecule has 1 aliphatic rings. The quantitative estimate of drug-likeness (QED) is 0.190. The first kappa shape index (κ1) is 28.6. The van der Waals surface area contributed by atoms with Gasteiger partial charge in [0.25, 0.3) is 0 Å². The molecule has 212 valence electrons. The molecule has 4 aromatic rings. The van der Waals surface area contributed by atoms with Gasteiger partial charge in [-0.3, -0.25) is 9.69 Å². The Morgan fingerprint density at radius 1 is 0.707 bits per heavy atom. The second-order valence-electron chi connectivity index (χ2n) is 11.0. The Bertz CT molecular complexity index is 1340. The summed E-state index contributed by atoms with van der Waals surface area (Å²) in [6, 6.07) is 35.6. The SMILES string of the molecule is O=C(Nc1ccccc1)C(CCCCN1CCN(c2ccc(Cc3ccc(F)cc3)cc2)CC1)Cc1ccccc1. The molecule has 4 nitrogen and oxygen atoms in total. The fourth-order valence-electron chi connectivity index (χ4n) is 5.61. The van der Waals surface area contributed by atoms with Crippen LogP contribution in [0, 0.1) is 11.7 Å². The first-order valence-electron chi connectivity index (χ1n) is 14.8. The maximum Gasteiger partial charge on any atom is 0.227 e. The molecule has 0 spiro atoms. The highest BCUT2D eigenvalue weighted by molar-refractivity contribution is 5.92. The highest BCUT2D eigenvalue weighted by Crippen LogP contribution is 2.21. The minimum Gasteiger partial charge on any atom is -0.369 e. The van der Waals surface area contributed by atoms with Crippen molar-refractivity contribution in [1.82, 2.24) is 4.90 Å². The molecule has 0 aromatic heterocycles. The van der Waals surface area contributed by atoms with Crippen molar-refractivity contribution >= 4 is 17.3 Å². The van der Waals surface area contributed by atoms with Gasteiger partial charge in [-0.25, -0.2) is 4.39 Å². The number of para-hydroxylation sites is 1. The summed E-state index contributed by atoms with van der Waals surface area (Å²) in [6.45, 7) is 5.22. The van der Waals surface area contributed by atoms with Crippen LogP contribution >= 0.6 is 0 Å². The molecule has 4 aromatic carbocycles. The Hall–Kier alpha value is -3.96. The van der Waals surface area contributed by atoms with Crippen molar-refractivity contribution in [2.75, 3.05) is 42.9 Å². The molecule has 41 heavy (non-hydrogen) atoms. The Labute approximate surface area is 243 Å². The van der Waals surface area contributed by atoms with Crippen molar-refractivity contribution in [2.24, 2.45) is 5.92 Å². The van der Waals surface area contributed by atoms with Crippen molar-refractivity contribution in [3.63, 3.8) is 0 Å². The number of piperazine rings is 1. The maximum absolute atomic E-state index is 13.2. The summed E-state index contributed by atoms with van der Waals surface area (Å²) in [4.78, 5) is 18.2. The van der Waals surface area contributed by atoms with Crippen LogP contribution < -0.4 is 10.2 Å².